The maximum Gasteiger partial charge on any atom is 0.321 e. The van der Waals surface area contributed by atoms with E-state index in [9.17, 15) is 9.90 Å². The minimum Gasteiger partial charge on any atom is -0.394 e. The summed E-state index contributed by atoms with van der Waals surface area (Å²) in [4.78, 5) is 14.8. The van der Waals surface area contributed by atoms with Crippen molar-refractivity contribution in [1.29, 1.82) is 0 Å². The monoisotopic (exact) mass is 396 g/mol. The van der Waals surface area contributed by atoms with Gasteiger partial charge in [-0.3, -0.25) is 5.10 Å². The summed E-state index contributed by atoms with van der Waals surface area (Å²) in [6.07, 6.45) is 0.752. The normalized spacial score (nSPS) is 12.4. The molecule has 8 heteroatoms. The number of aliphatic hydroxyl groups excluding tert-OH is 2. The molecule has 0 fully saturated rings. The van der Waals surface area contributed by atoms with E-state index in [0.717, 1.165) is 21.3 Å². The Kier molecular flexibility index (Phi) is 4.99. The molecular formula is C20H20N4O3S. The number of amides is 2. The van der Waals surface area contributed by atoms with Gasteiger partial charge >= 0.3 is 6.03 Å². The van der Waals surface area contributed by atoms with Crippen molar-refractivity contribution >= 4 is 44.0 Å². The molecule has 0 aliphatic carbocycles. The van der Waals surface area contributed by atoms with Crippen molar-refractivity contribution < 1.29 is 15.0 Å². The molecule has 2 heterocycles. The minimum atomic E-state index is -0.971. The number of anilines is 1. The van der Waals surface area contributed by atoms with Crippen molar-refractivity contribution in [2.45, 2.75) is 6.10 Å². The van der Waals surface area contributed by atoms with Gasteiger partial charge in [-0.2, -0.15) is 5.10 Å². The van der Waals surface area contributed by atoms with E-state index in [1.165, 1.54) is 15.0 Å². The molecule has 2 amide bonds. The molecule has 0 radical (unpaired) electrons. The van der Waals surface area contributed by atoms with Gasteiger partial charge in [-0.05, 0) is 29.7 Å². The lowest BCUT2D eigenvalue weighted by Gasteiger charge is -2.20. The average Bonchev–Trinajstić information content (AvgIpc) is 3.33. The predicted octanol–water partition coefficient (Wildman–Crippen LogP) is 3.26. The molecular weight excluding hydrogens is 376 g/mol. The summed E-state index contributed by atoms with van der Waals surface area (Å²) in [6, 6.07) is 13.7. The van der Waals surface area contributed by atoms with Gasteiger partial charge in [0.25, 0.3) is 0 Å². The Morgan fingerprint density at radius 2 is 2.11 bits per heavy atom. The lowest BCUT2D eigenvalue weighted by molar-refractivity contribution is 0.0750. The van der Waals surface area contributed by atoms with Gasteiger partial charge in [-0.1, -0.05) is 18.2 Å². The number of carbonyl (C=O) groups is 1. The number of aliphatic hydroxyl groups is 2. The number of hydrogen-bond acceptors (Lipinski definition) is 5. The lowest BCUT2D eigenvalue weighted by atomic mass is 10.1. The molecule has 2 aromatic carbocycles. The number of rotatable bonds is 5. The first kappa shape index (κ1) is 18.4. The van der Waals surface area contributed by atoms with Gasteiger partial charge < -0.3 is 20.4 Å². The van der Waals surface area contributed by atoms with Crippen LogP contribution in [0.1, 0.15) is 0 Å². The molecule has 0 saturated carbocycles. The van der Waals surface area contributed by atoms with Gasteiger partial charge in [-0.15, -0.1) is 11.3 Å². The zero-order chi connectivity index (χ0) is 19.7. The van der Waals surface area contributed by atoms with E-state index < -0.39 is 12.7 Å². The van der Waals surface area contributed by atoms with Crippen LogP contribution in [-0.4, -0.2) is 57.6 Å². The topological polar surface area (TPSA) is 101 Å². The quantitative estimate of drug-likeness (QED) is 0.416. The Hall–Kier alpha value is -2.94. The van der Waals surface area contributed by atoms with Crippen molar-refractivity contribution in [2.24, 2.45) is 0 Å². The lowest BCUT2D eigenvalue weighted by Crippen LogP contribution is -2.38. The molecule has 28 heavy (non-hydrogen) atoms. The van der Waals surface area contributed by atoms with Gasteiger partial charge in [0.15, 0.2) is 0 Å². The molecule has 0 aliphatic rings. The van der Waals surface area contributed by atoms with E-state index in [-0.39, 0.29) is 12.6 Å². The highest BCUT2D eigenvalue weighted by molar-refractivity contribution is 7.22. The second-order valence-electron chi connectivity index (χ2n) is 6.65. The molecule has 2 aromatic heterocycles. The number of benzene rings is 2. The first-order valence-corrected chi connectivity index (χ1v) is 9.64. The van der Waals surface area contributed by atoms with Gasteiger partial charge in [0, 0.05) is 33.3 Å². The third kappa shape index (κ3) is 3.57. The summed E-state index contributed by atoms with van der Waals surface area (Å²) in [6.45, 7) is -0.353. The third-order valence-corrected chi connectivity index (χ3v) is 5.68. The van der Waals surface area contributed by atoms with Gasteiger partial charge in [-0.25, -0.2) is 4.79 Å². The van der Waals surface area contributed by atoms with Gasteiger partial charge in [0.1, 0.15) is 0 Å². The number of fused-ring (bicyclic) bond motifs is 2. The van der Waals surface area contributed by atoms with Crippen LogP contribution in [0, 0.1) is 0 Å². The fraction of sp³-hybridized carbons (Fsp3) is 0.200. The van der Waals surface area contributed by atoms with E-state index in [1.807, 2.05) is 24.3 Å². The molecule has 0 aliphatic heterocycles. The van der Waals surface area contributed by atoms with E-state index >= 15 is 0 Å². The number of likely N-dealkylation sites (N-methyl/N-ethyl adjacent to an activating group) is 1. The summed E-state index contributed by atoms with van der Waals surface area (Å²) in [7, 11) is 1.57. The summed E-state index contributed by atoms with van der Waals surface area (Å²) < 4.78 is 1.19. The number of thiophene rings is 1. The van der Waals surface area contributed by atoms with Crippen LogP contribution < -0.4 is 5.32 Å². The maximum absolute atomic E-state index is 12.4. The Balaban J connectivity index is 1.68. The summed E-state index contributed by atoms with van der Waals surface area (Å²) in [5.41, 5.74) is 2.51. The van der Waals surface area contributed by atoms with Crippen molar-refractivity contribution in [2.75, 3.05) is 25.5 Å². The predicted molar refractivity (Wildman–Crippen MR) is 112 cm³/mol. The largest absolute Gasteiger partial charge is 0.394 e. The van der Waals surface area contributed by atoms with Crippen LogP contribution in [-0.2, 0) is 0 Å². The molecule has 0 bridgehead atoms. The first-order valence-electron chi connectivity index (χ1n) is 8.82. The summed E-state index contributed by atoms with van der Waals surface area (Å²) >= 11 is 1.68. The van der Waals surface area contributed by atoms with Gasteiger partial charge in [0.2, 0.25) is 0 Å². The highest BCUT2D eigenvalue weighted by atomic mass is 32.1. The Labute approximate surface area is 165 Å². The molecule has 4 rings (SSSR count). The molecule has 0 spiro atoms. The number of nitrogens with one attached hydrogen (secondary N) is 2. The van der Waals surface area contributed by atoms with Crippen molar-refractivity contribution in [1.82, 2.24) is 15.1 Å². The van der Waals surface area contributed by atoms with Crippen LogP contribution in [0.4, 0.5) is 10.5 Å². The molecule has 1 atom stereocenters. The smallest absolute Gasteiger partial charge is 0.321 e. The number of urea groups is 1. The third-order valence-electron chi connectivity index (χ3n) is 4.53. The van der Waals surface area contributed by atoms with Crippen LogP contribution in [0.2, 0.25) is 0 Å². The van der Waals surface area contributed by atoms with Crippen LogP contribution in [0.5, 0.6) is 0 Å². The molecule has 7 nitrogen and oxygen atoms in total. The molecule has 4 aromatic rings. The fourth-order valence-electron chi connectivity index (χ4n) is 3.11. The zero-order valence-electron chi connectivity index (χ0n) is 15.2. The van der Waals surface area contributed by atoms with Gasteiger partial charge in [0.05, 0.1) is 31.0 Å². The fourth-order valence-corrected chi connectivity index (χ4v) is 4.20. The number of aromatic nitrogens is 2. The zero-order valence-corrected chi connectivity index (χ0v) is 16.0. The van der Waals surface area contributed by atoms with Crippen molar-refractivity contribution in [3.63, 3.8) is 0 Å². The highest BCUT2D eigenvalue weighted by Gasteiger charge is 2.16. The number of nitrogens with zero attached hydrogens (tertiary/aromatic N) is 2. The molecule has 144 valence electrons. The Morgan fingerprint density at radius 3 is 2.89 bits per heavy atom. The number of aromatic amines is 1. The van der Waals surface area contributed by atoms with E-state index in [1.54, 1.807) is 24.6 Å². The SMILES string of the molecule is CN(CC(O)CO)C(=O)Nc1cc(-c2cc3ccccc3s2)c2[nH]ncc2c1. The van der Waals surface area contributed by atoms with Crippen molar-refractivity contribution in [3.8, 4) is 10.4 Å². The molecule has 1 unspecified atom stereocenters. The van der Waals surface area contributed by atoms with Crippen molar-refractivity contribution in [3.05, 3.63) is 48.7 Å². The Bertz CT molecular complexity index is 1100. The maximum atomic E-state index is 12.4. The Morgan fingerprint density at radius 1 is 1.29 bits per heavy atom. The second-order valence-corrected chi connectivity index (χ2v) is 7.74. The molecule has 0 saturated heterocycles. The van der Waals surface area contributed by atoms with Crippen LogP contribution in [0.25, 0.3) is 31.4 Å². The van der Waals surface area contributed by atoms with E-state index in [0.29, 0.717) is 5.69 Å². The highest BCUT2D eigenvalue weighted by Crippen LogP contribution is 2.38. The summed E-state index contributed by atoms with van der Waals surface area (Å²) in [5, 5.41) is 30.6. The number of H-pyrrole nitrogens is 1. The van der Waals surface area contributed by atoms with E-state index in [4.69, 9.17) is 5.11 Å². The van der Waals surface area contributed by atoms with Crippen LogP contribution >= 0.6 is 11.3 Å². The van der Waals surface area contributed by atoms with Crippen LogP contribution in [0.3, 0.4) is 0 Å². The summed E-state index contributed by atoms with van der Waals surface area (Å²) in [5.74, 6) is 0. The van der Waals surface area contributed by atoms with E-state index in [2.05, 4.69) is 33.7 Å². The number of hydrogen-bond donors (Lipinski definition) is 4. The average molecular weight is 396 g/mol. The molecule has 4 N–H and O–H groups in total. The minimum absolute atomic E-state index is 0.0411. The second kappa shape index (κ2) is 7.59. The first-order chi connectivity index (χ1) is 13.5. The standard InChI is InChI=1S/C20H20N4O3S/c1-24(10-15(26)11-25)20(27)22-14-6-13-9-21-23-19(13)16(8-14)18-7-12-4-2-3-5-17(12)28-18/h2-9,15,25-26H,10-11H2,1H3,(H,21,23)(H,22,27). The number of carbonyl (C=O) groups excluding carboxylic acids is 1. The van der Waals surface area contributed by atoms with Crippen LogP contribution in [0.15, 0.2) is 48.7 Å².